The summed E-state index contributed by atoms with van der Waals surface area (Å²) in [7, 11) is 0. The van der Waals surface area contributed by atoms with E-state index in [0.717, 1.165) is 26.1 Å². The van der Waals surface area contributed by atoms with Gasteiger partial charge in [0, 0.05) is 25.7 Å². The fourth-order valence-corrected chi connectivity index (χ4v) is 3.32. The molecule has 20 heavy (non-hydrogen) atoms. The molecule has 2 aliphatic rings. The van der Waals surface area contributed by atoms with E-state index in [0.29, 0.717) is 6.04 Å². The first-order valence-corrected chi connectivity index (χ1v) is 7.75. The molecule has 4 nitrogen and oxygen atoms in total. The molecule has 1 unspecified atom stereocenters. The smallest absolute Gasteiger partial charge is 0.105 e. The zero-order chi connectivity index (χ0) is 15.0. The van der Waals surface area contributed by atoms with E-state index in [4.69, 9.17) is 4.74 Å². The van der Waals surface area contributed by atoms with Crippen molar-refractivity contribution in [3.8, 4) is 6.07 Å². The molecule has 0 bridgehead atoms. The quantitative estimate of drug-likeness (QED) is 0.839. The Bertz CT molecular complexity index is 379. The lowest BCUT2D eigenvalue weighted by Gasteiger charge is -2.47. The van der Waals surface area contributed by atoms with E-state index in [1.54, 1.807) is 0 Å². The lowest BCUT2D eigenvalue weighted by Crippen LogP contribution is -2.58. The Kier molecular flexibility index (Phi) is 4.17. The van der Waals surface area contributed by atoms with Gasteiger partial charge in [0.15, 0.2) is 0 Å². The molecule has 2 fully saturated rings. The predicted octanol–water partition coefficient (Wildman–Crippen LogP) is 2.30. The molecule has 1 saturated carbocycles. The zero-order valence-electron chi connectivity index (χ0n) is 13.6. The molecule has 1 aliphatic heterocycles. The van der Waals surface area contributed by atoms with E-state index in [1.807, 2.05) is 6.92 Å². The largest absolute Gasteiger partial charge is 0.367 e. The summed E-state index contributed by atoms with van der Waals surface area (Å²) < 4.78 is 6.10. The Balaban J connectivity index is 1.90. The minimum Gasteiger partial charge on any atom is -0.367 e. The van der Waals surface area contributed by atoms with Crippen molar-refractivity contribution in [3.63, 3.8) is 0 Å². The Hall–Kier alpha value is -0.630. The van der Waals surface area contributed by atoms with Gasteiger partial charge in [0.05, 0.1) is 17.3 Å². The van der Waals surface area contributed by atoms with E-state index in [1.165, 1.54) is 12.8 Å². The summed E-state index contributed by atoms with van der Waals surface area (Å²) >= 11 is 0. The topological polar surface area (TPSA) is 48.3 Å². The van der Waals surface area contributed by atoms with Crippen LogP contribution < -0.4 is 5.32 Å². The highest BCUT2D eigenvalue weighted by Crippen LogP contribution is 2.29. The van der Waals surface area contributed by atoms with Crippen LogP contribution in [0.4, 0.5) is 0 Å². The van der Waals surface area contributed by atoms with Crippen molar-refractivity contribution in [2.45, 2.75) is 76.7 Å². The Morgan fingerprint density at radius 2 is 1.80 bits per heavy atom. The minimum absolute atomic E-state index is 0.116. The molecule has 0 amide bonds. The average molecular weight is 279 g/mol. The van der Waals surface area contributed by atoms with Gasteiger partial charge in [-0.15, -0.1) is 0 Å². The van der Waals surface area contributed by atoms with Crippen LogP contribution in [-0.2, 0) is 4.74 Å². The third-order valence-corrected chi connectivity index (χ3v) is 4.04. The van der Waals surface area contributed by atoms with E-state index < -0.39 is 5.54 Å². The molecule has 2 rings (SSSR count). The van der Waals surface area contributed by atoms with E-state index in [2.05, 4.69) is 44.0 Å². The number of hydrogen-bond donors (Lipinski definition) is 1. The molecule has 0 aromatic heterocycles. The fourth-order valence-electron chi connectivity index (χ4n) is 3.32. The normalized spacial score (nSPS) is 28.6. The molecule has 4 heteroatoms. The SMILES string of the molecule is CC(C#N)(CCN1CC(C)(C)OC(C)(C)C1)NC1CC1. The third kappa shape index (κ3) is 4.44. The van der Waals surface area contributed by atoms with Crippen molar-refractivity contribution >= 4 is 0 Å². The van der Waals surface area contributed by atoms with Crippen LogP contribution in [0.1, 0.15) is 53.9 Å². The summed E-state index contributed by atoms with van der Waals surface area (Å²) in [5.41, 5.74) is -0.628. The number of nitrogens with zero attached hydrogens (tertiary/aromatic N) is 2. The predicted molar refractivity (Wildman–Crippen MR) is 80.5 cm³/mol. The molecule has 1 atom stereocenters. The van der Waals surface area contributed by atoms with E-state index in [-0.39, 0.29) is 11.2 Å². The van der Waals surface area contributed by atoms with Crippen LogP contribution in [0.5, 0.6) is 0 Å². The van der Waals surface area contributed by atoms with Gasteiger partial charge in [-0.25, -0.2) is 0 Å². The van der Waals surface area contributed by atoms with Crippen molar-refractivity contribution in [3.05, 3.63) is 0 Å². The summed E-state index contributed by atoms with van der Waals surface area (Å²) in [5.74, 6) is 0. The van der Waals surface area contributed by atoms with Crippen LogP contribution >= 0.6 is 0 Å². The summed E-state index contributed by atoms with van der Waals surface area (Å²) in [6, 6.07) is 3.03. The van der Waals surface area contributed by atoms with Crippen LogP contribution in [0.3, 0.4) is 0 Å². The maximum atomic E-state index is 9.44. The second-order valence-electron chi connectivity index (χ2n) is 7.94. The number of nitriles is 1. The van der Waals surface area contributed by atoms with Crippen LogP contribution in [0.15, 0.2) is 0 Å². The highest BCUT2D eigenvalue weighted by molar-refractivity contribution is 5.07. The van der Waals surface area contributed by atoms with Crippen LogP contribution in [0.2, 0.25) is 0 Å². The Labute approximate surface area is 123 Å². The molecule has 0 radical (unpaired) electrons. The maximum Gasteiger partial charge on any atom is 0.105 e. The fraction of sp³-hybridized carbons (Fsp3) is 0.938. The van der Waals surface area contributed by atoms with Crippen molar-refractivity contribution in [2.75, 3.05) is 19.6 Å². The first-order chi connectivity index (χ1) is 9.13. The van der Waals surface area contributed by atoms with Gasteiger partial charge < -0.3 is 4.74 Å². The molecule has 0 spiro atoms. The lowest BCUT2D eigenvalue weighted by molar-refractivity contribution is -0.180. The van der Waals surface area contributed by atoms with Crippen molar-refractivity contribution in [2.24, 2.45) is 0 Å². The molecule has 0 aromatic carbocycles. The van der Waals surface area contributed by atoms with Gasteiger partial charge >= 0.3 is 0 Å². The van der Waals surface area contributed by atoms with Crippen LogP contribution in [0, 0.1) is 11.3 Å². The number of hydrogen-bond acceptors (Lipinski definition) is 4. The monoisotopic (exact) mass is 279 g/mol. The second kappa shape index (κ2) is 5.29. The van der Waals surface area contributed by atoms with Crippen LogP contribution in [0.25, 0.3) is 0 Å². The molecule has 1 N–H and O–H groups in total. The molecule has 1 aliphatic carbocycles. The molecule has 1 heterocycles. The molecule has 1 saturated heterocycles. The summed E-state index contributed by atoms with van der Waals surface area (Å²) in [6.07, 6.45) is 3.30. The first kappa shape index (κ1) is 15.8. The number of nitrogens with one attached hydrogen (secondary N) is 1. The first-order valence-electron chi connectivity index (χ1n) is 7.75. The Morgan fingerprint density at radius 3 is 2.25 bits per heavy atom. The van der Waals surface area contributed by atoms with Crippen molar-refractivity contribution in [1.29, 1.82) is 5.26 Å². The van der Waals surface area contributed by atoms with Gasteiger partial charge in [0.25, 0.3) is 0 Å². The number of morpholine rings is 1. The minimum atomic E-state index is -0.395. The van der Waals surface area contributed by atoms with Gasteiger partial charge in [-0.05, 0) is 53.9 Å². The van der Waals surface area contributed by atoms with Crippen molar-refractivity contribution < 1.29 is 4.74 Å². The van der Waals surface area contributed by atoms with Gasteiger partial charge in [-0.1, -0.05) is 0 Å². The maximum absolute atomic E-state index is 9.44. The number of ether oxygens (including phenoxy) is 1. The summed E-state index contributed by atoms with van der Waals surface area (Å²) in [5, 5.41) is 12.9. The molecular formula is C16H29N3O. The van der Waals surface area contributed by atoms with Gasteiger partial charge in [0.1, 0.15) is 5.54 Å². The van der Waals surface area contributed by atoms with Crippen molar-refractivity contribution in [1.82, 2.24) is 10.2 Å². The summed E-state index contributed by atoms with van der Waals surface area (Å²) in [4.78, 5) is 2.44. The molecule has 114 valence electrons. The third-order valence-electron chi connectivity index (χ3n) is 4.04. The Morgan fingerprint density at radius 1 is 1.25 bits per heavy atom. The average Bonchev–Trinajstić information content (AvgIpc) is 3.06. The zero-order valence-corrected chi connectivity index (χ0v) is 13.6. The second-order valence-corrected chi connectivity index (χ2v) is 7.94. The van der Waals surface area contributed by atoms with E-state index in [9.17, 15) is 5.26 Å². The van der Waals surface area contributed by atoms with Gasteiger partial charge in [0.2, 0.25) is 0 Å². The number of rotatable bonds is 5. The van der Waals surface area contributed by atoms with Gasteiger partial charge in [-0.3, -0.25) is 10.2 Å². The van der Waals surface area contributed by atoms with Gasteiger partial charge in [-0.2, -0.15) is 5.26 Å². The highest BCUT2D eigenvalue weighted by atomic mass is 16.5. The summed E-state index contributed by atoms with van der Waals surface area (Å²) in [6.45, 7) is 13.4. The van der Waals surface area contributed by atoms with Crippen LogP contribution in [-0.4, -0.2) is 47.3 Å². The molecular weight excluding hydrogens is 250 g/mol. The lowest BCUT2D eigenvalue weighted by atomic mass is 9.95. The highest BCUT2D eigenvalue weighted by Gasteiger charge is 2.39. The van der Waals surface area contributed by atoms with E-state index >= 15 is 0 Å². The standard InChI is InChI=1S/C16H29N3O/c1-14(2)11-19(12-15(3,4)20-14)9-8-16(5,10-17)18-13-6-7-13/h13,18H,6-9,11-12H2,1-5H3. The molecule has 0 aromatic rings.